The Morgan fingerprint density at radius 3 is 2.48 bits per heavy atom. The predicted molar refractivity (Wildman–Crippen MR) is 88.5 cm³/mol. The third kappa shape index (κ3) is 4.52. The molecule has 0 aromatic heterocycles. The first-order valence-electron chi connectivity index (χ1n) is 7.02. The molecule has 0 fully saturated rings. The van der Waals surface area contributed by atoms with Gasteiger partial charge in [0.15, 0.2) is 9.84 Å². The van der Waals surface area contributed by atoms with Crippen LogP contribution in [0.5, 0.6) is 0 Å². The zero-order valence-corrected chi connectivity index (χ0v) is 14.5. The summed E-state index contributed by atoms with van der Waals surface area (Å²) in [6.07, 6.45) is 0. The lowest BCUT2D eigenvalue weighted by Crippen LogP contribution is -2.34. The minimum Gasteiger partial charge on any atom is -0.322 e. The van der Waals surface area contributed by atoms with Crippen molar-refractivity contribution >= 4 is 33.0 Å². The van der Waals surface area contributed by atoms with Crippen LogP contribution >= 0.6 is 11.6 Å². The summed E-state index contributed by atoms with van der Waals surface area (Å²) in [6.45, 7) is 1.07. The van der Waals surface area contributed by atoms with Gasteiger partial charge in [0.25, 0.3) is 0 Å². The van der Waals surface area contributed by atoms with Crippen molar-refractivity contribution in [3.63, 3.8) is 0 Å². The van der Waals surface area contributed by atoms with Crippen molar-refractivity contribution in [1.29, 1.82) is 0 Å². The highest BCUT2D eigenvalue weighted by Crippen LogP contribution is 2.24. The van der Waals surface area contributed by atoms with Crippen LogP contribution in [0.2, 0.25) is 5.02 Å². The van der Waals surface area contributed by atoms with Crippen LogP contribution in [-0.2, 0) is 20.4 Å². The summed E-state index contributed by atoms with van der Waals surface area (Å²) >= 11 is 5.79. The van der Waals surface area contributed by atoms with Gasteiger partial charge in [-0.05, 0) is 31.2 Å². The van der Waals surface area contributed by atoms with Gasteiger partial charge in [0, 0.05) is 16.7 Å². The molecule has 0 bridgehead atoms. The van der Waals surface area contributed by atoms with Gasteiger partial charge in [-0.1, -0.05) is 17.7 Å². The molecule has 0 aliphatic heterocycles. The SMILES string of the molecule is CC(C(=O)Nc1cc(F)ccc1F)S(=O)(=O)Cc1c(F)cccc1Cl. The molecule has 1 atom stereocenters. The van der Waals surface area contributed by atoms with E-state index in [9.17, 15) is 26.4 Å². The minimum atomic E-state index is -4.15. The molecule has 134 valence electrons. The molecule has 0 radical (unpaired) electrons. The molecule has 0 saturated heterocycles. The third-order valence-electron chi connectivity index (χ3n) is 3.50. The van der Waals surface area contributed by atoms with Crippen molar-refractivity contribution < 1.29 is 26.4 Å². The second-order valence-electron chi connectivity index (χ2n) is 5.26. The largest absolute Gasteiger partial charge is 0.322 e. The number of anilines is 1. The molecule has 1 amide bonds. The Kier molecular flexibility index (Phi) is 5.74. The fourth-order valence-electron chi connectivity index (χ4n) is 1.99. The molecule has 0 saturated carbocycles. The lowest BCUT2D eigenvalue weighted by molar-refractivity contribution is -0.115. The van der Waals surface area contributed by atoms with E-state index in [1.807, 2.05) is 5.32 Å². The number of hydrogen-bond acceptors (Lipinski definition) is 3. The summed E-state index contributed by atoms with van der Waals surface area (Å²) in [5, 5.41) is 0.288. The summed E-state index contributed by atoms with van der Waals surface area (Å²) in [6, 6.07) is 6.05. The summed E-state index contributed by atoms with van der Waals surface area (Å²) in [7, 11) is -4.15. The van der Waals surface area contributed by atoms with E-state index < -0.39 is 49.9 Å². The minimum absolute atomic E-state index is 0.0904. The average Bonchev–Trinajstić information content (AvgIpc) is 2.53. The molecule has 0 aliphatic carbocycles. The highest BCUT2D eigenvalue weighted by Gasteiger charge is 2.30. The predicted octanol–water partition coefficient (Wildman–Crippen LogP) is 3.70. The molecule has 2 rings (SSSR count). The highest BCUT2D eigenvalue weighted by molar-refractivity contribution is 7.92. The molecule has 2 aromatic carbocycles. The fraction of sp³-hybridized carbons (Fsp3) is 0.188. The highest BCUT2D eigenvalue weighted by atomic mass is 35.5. The van der Waals surface area contributed by atoms with Gasteiger partial charge in [-0.3, -0.25) is 4.79 Å². The molecule has 4 nitrogen and oxygen atoms in total. The second-order valence-corrected chi connectivity index (χ2v) is 7.99. The molecular weight excluding hydrogens is 379 g/mol. The van der Waals surface area contributed by atoms with Crippen molar-refractivity contribution in [3.05, 3.63) is 64.4 Å². The fourth-order valence-corrected chi connectivity index (χ4v) is 3.63. The summed E-state index contributed by atoms with van der Waals surface area (Å²) in [5.74, 6) is -4.42. The van der Waals surface area contributed by atoms with Crippen LogP contribution in [0.15, 0.2) is 36.4 Å². The molecule has 9 heteroatoms. The van der Waals surface area contributed by atoms with E-state index in [1.165, 1.54) is 12.1 Å². The number of halogens is 4. The number of hydrogen-bond donors (Lipinski definition) is 1. The topological polar surface area (TPSA) is 63.2 Å². The van der Waals surface area contributed by atoms with E-state index in [0.717, 1.165) is 31.2 Å². The molecular formula is C16H13ClF3NO3S. The number of carbonyl (C=O) groups excluding carboxylic acids is 1. The molecule has 2 aromatic rings. The van der Waals surface area contributed by atoms with Crippen molar-refractivity contribution in [1.82, 2.24) is 0 Å². The normalized spacial score (nSPS) is 12.7. The number of benzene rings is 2. The average molecular weight is 392 g/mol. The third-order valence-corrected chi connectivity index (χ3v) is 5.84. The van der Waals surface area contributed by atoms with Crippen molar-refractivity contribution in [2.24, 2.45) is 0 Å². The van der Waals surface area contributed by atoms with Gasteiger partial charge < -0.3 is 5.32 Å². The monoisotopic (exact) mass is 391 g/mol. The Bertz CT molecular complexity index is 899. The van der Waals surface area contributed by atoms with E-state index in [-0.39, 0.29) is 10.6 Å². The summed E-state index contributed by atoms with van der Waals surface area (Å²) < 4.78 is 65.1. The van der Waals surface area contributed by atoms with Crippen molar-refractivity contribution in [2.75, 3.05) is 5.32 Å². The maximum atomic E-state index is 13.7. The molecule has 1 unspecified atom stereocenters. The second kappa shape index (κ2) is 7.45. The quantitative estimate of drug-likeness (QED) is 0.845. The van der Waals surface area contributed by atoms with Gasteiger partial charge in [-0.2, -0.15) is 0 Å². The van der Waals surface area contributed by atoms with Gasteiger partial charge in [-0.25, -0.2) is 21.6 Å². The molecule has 0 heterocycles. The maximum absolute atomic E-state index is 13.7. The molecule has 0 aliphatic rings. The standard InChI is InChI=1S/C16H13ClF3NO3S/c1-9(16(22)21-15-7-10(18)5-6-14(15)20)25(23,24)8-11-12(17)3-2-4-13(11)19/h2-7,9H,8H2,1H3,(H,21,22). The number of rotatable bonds is 5. The lowest BCUT2D eigenvalue weighted by Gasteiger charge is -2.15. The number of nitrogens with one attached hydrogen (secondary N) is 1. The Hall–Kier alpha value is -2.06. The number of carbonyl (C=O) groups is 1. The Morgan fingerprint density at radius 1 is 1.16 bits per heavy atom. The Labute approximate surface area is 147 Å². The van der Waals surface area contributed by atoms with Crippen LogP contribution in [0.1, 0.15) is 12.5 Å². The van der Waals surface area contributed by atoms with Gasteiger partial charge in [0.2, 0.25) is 5.91 Å². The van der Waals surface area contributed by atoms with Gasteiger partial charge in [0.1, 0.15) is 22.7 Å². The van der Waals surface area contributed by atoms with Crippen LogP contribution in [0, 0.1) is 17.5 Å². The molecule has 25 heavy (non-hydrogen) atoms. The first-order valence-corrected chi connectivity index (χ1v) is 9.11. The summed E-state index contributed by atoms with van der Waals surface area (Å²) in [4.78, 5) is 12.1. The Balaban J connectivity index is 2.21. The first-order chi connectivity index (χ1) is 11.6. The number of amides is 1. The maximum Gasteiger partial charge on any atom is 0.242 e. The molecule has 0 spiro atoms. The van der Waals surface area contributed by atoms with Crippen LogP contribution in [-0.4, -0.2) is 19.6 Å². The van der Waals surface area contributed by atoms with E-state index in [2.05, 4.69) is 0 Å². The van der Waals surface area contributed by atoms with E-state index in [0.29, 0.717) is 0 Å². The lowest BCUT2D eigenvalue weighted by atomic mass is 10.2. The zero-order chi connectivity index (χ0) is 18.8. The van der Waals surface area contributed by atoms with E-state index in [1.54, 1.807) is 0 Å². The van der Waals surface area contributed by atoms with E-state index >= 15 is 0 Å². The first kappa shape index (κ1) is 19.3. The molecule has 1 N–H and O–H groups in total. The van der Waals surface area contributed by atoms with Gasteiger partial charge in [0.05, 0.1) is 11.4 Å². The van der Waals surface area contributed by atoms with Crippen molar-refractivity contribution in [2.45, 2.75) is 17.9 Å². The van der Waals surface area contributed by atoms with Crippen molar-refractivity contribution in [3.8, 4) is 0 Å². The van der Waals surface area contributed by atoms with Crippen LogP contribution in [0.25, 0.3) is 0 Å². The van der Waals surface area contributed by atoms with Crippen LogP contribution < -0.4 is 5.32 Å². The summed E-state index contributed by atoms with van der Waals surface area (Å²) in [5.41, 5.74) is -0.753. The van der Waals surface area contributed by atoms with Gasteiger partial charge in [-0.15, -0.1) is 0 Å². The van der Waals surface area contributed by atoms with Crippen LogP contribution in [0.4, 0.5) is 18.9 Å². The zero-order valence-electron chi connectivity index (χ0n) is 12.9. The van der Waals surface area contributed by atoms with E-state index in [4.69, 9.17) is 11.6 Å². The van der Waals surface area contributed by atoms with Gasteiger partial charge >= 0.3 is 0 Å². The Morgan fingerprint density at radius 2 is 1.84 bits per heavy atom. The number of sulfone groups is 1. The van der Waals surface area contributed by atoms with Crippen LogP contribution in [0.3, 0.4) is 0 Å². The smallest absolute Gasteiger partial charge is 0.242 e.